The van der Waals surface area contributed by atoms with Crippen LogP contribution in [0, 0.1) is 0 Å². The van der Waals surface area contributed by atoms with Crippen LogP contribution in [0.2, 0.25) is 0 Å². The summed E-state index contributed by atoms with van der Waals surface area (Å²) < 4.78 is 0. The molecule has 0 rings (SSSR count). The van der Waals surface area contributed by atoms with Crippen molar-refractivity contribution in [3.05, 3.63) is 0 Å². The van der Waals surface area contributed by atoms with Crippen LogP contribution in [0.1, 0.15) is 13.3 Å². The Morgan fingerprint density at radius 2 is 1.50 bits per heavy atom. The Kier molecular flexibility index (Phi) is 7.15. The molecule has 0 aliphatic heterocycles. The molecule has 0 spiro atoms. The Balaban J connectivity index is 3.95. The van der Waals surface area contributed by atoms with Crippen molar-refractivity contribution in [3.8, 4) is 0 Å². The summed E-state index contributed by atoms with van der Waals surface area (Å²) in [5, 5.41) is 0. The summed E-state index contributed by atoms with van der Waals surface area (Å²) >= 11 is 0. The average Bonchev–Trinajstić information content (AvgIpc) is 2.02. The molecule has 1 unspecified atom stereocenters. The van der Waals surface area contributed by atoms with Crippen molar-refractivity contribution < 1.29 is 0 Å². The van der Waals surface area contributed by atoms with E-state index >= 15 is 0 Å². The van der Waals surface area contributed by atoms with Crippen LogP contribution in [0.25, 0.3) is 0 Å². The van der Waals surface area contributed by atoms with E-state index in [1.165, 1.54) is 13.0 Å². The van der Waals surface area contributed by atoms with Crippen LogP contribution in [0.15, 0.2) is 0 Å². The van der Waals surface area contributed by atoms with Gasteiger partial charge in [-0.1, -0.05) is 6.92 Å². The molecule has 0 bridgehead atoms. The van der Waals surface area contributed by atoms with Crippen molar-refractivity contribution in [2.45, 2.75) is 19.4 Å². The Bertz CT molecular complexity index is 134. The average molecular weight is 201 g/mol. The van der Waals surface area contributed by atoms with E-state index < -0.39 is 0 Å². The molecule has 0 aromatic carbocycles. The lowest BCUT2D eigenvalue weighted by Crippen LogP contribution is -2.45. The zero-order valence-corrected chi connectivity index (χ0v) is 10.7. The maximum atomic E-state index is 2.41. The summed E-state index contributed by atoms with van der Waals surface area (Å²) in [5.74, 6) is 0. The van der Waals surface area contributed by atoms with Crippen molar-refractivity contribution in [1.82, 2.24) is 14.7 Å². The smallest absolute Gasteiger partial charge is 0.0343 e. The van der Waals surface area contributed by atoms with E-state index in [0.29, 0.717) is 6.04 Å². The Morgan fingerprint density at radius 1 is 0.929 bits per heavy atom. The Morgan fingerprint density at radius 3 is 1.86 bits per heavy atom. The maximum Gasteiger partial charge on any atom is 0.0343 e. The molecule has 14 heavy (non-hydrogen) atoms. The molecule has 0 saturated carbocycles. The standard InChI is InChI=1S/C11H27N3/c1-7-8-14(6)10-11(13(4)5)9-12(2)3/h11H,7-10H2,1-6H3. The van der Waals surface area contributed by atoms with E-state index in [-0.39, 0.29) is 0 Å². The van der Waals surface area contributed by atoms with Crippen LogP contribution in [0.4, 0.5) is 0 Å². The van der Waals surface area contributed by atoms with Gasteiger partial charge in [-0.05, 0) is 48.2 Å². The molecule has 0 aliphatic rings. The van der Waals surface area contributed by atoms with Gasteiger partial charge in [0.15, 0.2) is 0 Å². The van der Waals surface area contributed by atoms with E-state index in [1.807, 2.05) is 0 Å². The lowest BCUT2D eigenvalue weighted by molar-refractivity contribution is 0.172. The van der Waals surface area contributed by atoms with E-state index in [4.69, 9.17) is 0 Å². The van der Waals surface area contributed by atoms with Crippen LogP contribution in [-0.4, -0.2) is 75.6 Å². The van der Waals surface area contributed by atoms with Crippen molar-refractivity contribution in [2.75, 3.05) is 54.9 Å². The first-order chi connectivity index (χ1) is 6.47. The van der Waals surface area contributed by atoms with Crippen LogP contribution < -0.4 is 0 Å². The molecule has 1 atom stereocenters. The quantitative estimate of drug-likeness (QED) is 0.604. The second-order valence-corrected chi connectivity index (χ2v) is 4.64. The zero-order chi connectivity index (χ0) is 11.1. The molecule has 0 fully saturated rings. The summed E-state index contributed by atoms with van der Waals surface area (Å²) in [5.41, 5.74) is 0. The molecule has 0 aromatic rings. The summed E-state index contributed by atoms with van der Waals surface area (Å²) in [6, 6.07) is 0.626. The highest BCUT2D eigenvalue weighted by Gasteiger charge is 2.14. The monoisotopic (exact) mass is 201 g/mol. The molecule has 0 saturated heterocycles. The fraction of sp³-hybridized carbons (Fsp3) is 1.00. The fourth-order valence-electron chi connectivity index (χ4n) is 1.64. The number of rotatable bonds is 7. The molecule has 86 valence electrons. The van der Waals surface area contributed by atoms with Crippen LogP contribution in [0.3, 0.4) is 0 Å². The third-order valence-corrected chi connectivity index (χ3v) is 2.43. The second kappa shape index (κ2) is 7.21. The van der Waals surface area contributed by atoms with Gasteiger partial charge in [0.05, 0.1) is 0 Å². The van der Waals surface area contributed by atoms with Crippen molar-refractivity contribution in [1.29, 1.82) is 0 Å². The normalized spacial score (nSPS) is 14.4. The van der Waals surface area contributed by atoms with Gasteiger partial charge in [0.25, 0.3) is 0 Å². The van der Waals surface area contributed by atoms with Gasteiger partial charge in [-0.15, -0.1) is 0 Å². The topological polar surface area (TPSA) is 9.72 Å². The van der Waals surface area contributed by atoms with Crippen molar-refractivity contribution in [3.63, 3.8) is 0 Å². The lowest BCUT2D eigenvalue weighted by Gasteiger charge is -2.31. The number of nitrogens with zero attached hydrogens (tertiary/aromatic N) is 3. The van der Waals surface area contributed by atoms with Crippen molar-refractivity contribution >= 4 is 0 Å². The Labute approximate surface area is 89.7 Å². The van der Waals surface area contributed by atoms with Gasteiger partial charge < -0.3 is 14.7 Å². The first kappa shape index (κ1) is 13.9. The van der Waals surface area contributed by atoms with Gasteiger partial charge in [0.1, 0.15) is 0 Å². The fourth-order valence-corrected chi connectivity index (χ4v) is 1.64. The van der Waals surface area contributed by atoms with Gasteiger partial charge in [0.2, 0.25) is 0 Å². The number of hydrogen-bond donors (Lipinski definition) is 0. The highest BCUT2D eigenvalue weighted by Crippen LogP contribution is 1.99. The molecular formula is C11H27N3. The van der Waals surface area contributed by atoms with E-state index in [1.54, 1.807) is 0 Å². The maximum absolute atomic E-state index is 2.41. The minimum absolute atomic E-state index is 0.626. The molecule has 3 nitrogen and oxygen atoms in total. The first-order valence-electron chi connectivity index (χ1n) is 5.47. The summed E-state index contributed by atoms with van der Waals surface area (Å²) in [6.07, 6.45) is 1.23. The third kappa shape index (κ3) is 6.35. The van der Waals surface area contributed by atoms with Crippen LogP contribution in [0.5, 0.6) is 0 Å². The largest absolute Gasteiger partial charge is 0.308 e. The first-order valence-corrected chi connectivity index (χ1v) is 5.47. The highest BCUT2D eigenvalue weighted by atomic mass is 15.2. The molecule has 0 heterocycles. The van der Waals surface area contributed by atoms with Gasteiger partial charge in [-0.3, -0.25) is 0 Å². The molecule has 0 aromatic heterocycles. The summed E-state index contributed by atoms with van der Waals surface area (Å²) in [6.45, 7) is 5.70. The highest BCUT2D eigenvalue weighted by molar-refractivity contribution is 4.72. The predicted octanol–water partition coefficient (Wildman–Crippen LogP) is 0.820. The van der Waals surface area contributed by atoms with E-state index in [9.17, 15) is 0 Å². The predicted molar refractivity (Wildman–Crippen MR) is 63.8 cm³/mol. The van der Waals surface area contributed by atoms with Gasteiger partial charge in [-0.25, -0.2) is 0 Å². The zero-order valence-electron chi connectivity index (χ0n) is 10.7. The molecule has 3 heteroatoms. The molecular weight excluding hydrogens is 174 g/mol. The summed E-state index contributed by atoms with van der Waals surface area (Å²) in [7, 11) is 10.8. The number of likely N-dealkylation sites (N-methyl/N-ethyl adjacent to an activating group) is 3. The lowest BCUT2D eigenvalue weighted by atomic mass is 10.2. The minimum Gasteiger partial charge on any atom is -0.308 e. The van der Waals surface area contributed by atoms with Gasteiger partial charge in [0, 0.05) is 19.1 Å². The van der Waals surface area contributed by atoms with Crippen LogP contribution >= 0.6 is 0 Å². The SMILES string of the molecule is CCCN(C)CC(CN(C)C)N(C)C. The minimum atomic E-state index is 0.626. The Hall–Kier alpha value is -0.120. The third-order valence-electron chi connectivity index (χ3n) is 2.43. The van der Waals surface area contributed by atoms with Crippen LogP contribution in [-0.2, 0) is 0 Å². The molecule has 0 radical (unpaired) electrons. The van der Waals surface area contributed by atoms with Gasteiger partial charge >= 0.3 is 0 Å². The second-order valence-electron chi connectivity index (χ2n) is 4.64. The molecule has 0 amide bonds. The molecule has 0 N–H and O–H groups in total. The number of hydrogen-bond acceptors (Lipinski definition) is 3. The van der Waals surface area contributed by atoms with Crippen molar-refractivity contribution in [2.24, 2.45) is 0 Å². The summed E-state index contributed by atoms with van der Waals surface area (Å²) in [4.78, 5) is 6.98. The van der Waals surface area contributed by atoms with E-state index in [2.05, 4.69) is 56.9 Å². The molecule has 0 aliphatic carbocycles. The van der Waals surface area contributed by atoms with Gasteiger partial charge in [-0.2, -0.15) is 0 Å². The van der Waals surface area contributed by atoms with E-state index in [0.717, 1.165) is 13.1 Å².